The predicted octanol–water partition coefficient (Wildman–Crippen LogP) is 4.33. The summed E-state index contributed by atoms with van der Waals surface area (Å²) >= 11 is 0. The van der Waals surface area contributed by atoms with Crippen LogP contribution in [0.5, 0.6) is 5.75 Å². The number of hydrogen-bond donors (Lipinski definition) is 1. The summed E-state index contributed by atoms with van der Waals surface area (Å²) < 4.78 is 5.81. The first-order valence-electron chi connectivity index (χ1n) is 7.97. The molecule has 0 unspecified atom stereocenters. The first-order valence-corrected chi connectivity index (χ1v) is 7.97. The topological polar surface area (TPSA) is 62.7 Å². The van der Waals surface area contributed by atoms with Crippen LogP contribution in [0.2, 0.25) is 0 Å². The summed E-state index contributed by atoms with van der Waals surface area (Å²) in [6, 6.07) is 17.0. The highest BCUT2D eigenvalue weighted by Gasteiger charge is 2.21. The molecule has 1 N–H and O–H groups in total. The van der Waals surface area contributed by atoms with Crippen molar-refractivity contribution in [2.24, 2.45) is 0 Å². The number of carboxylic acid groups (broad SMARTS) is 1. The minimum absolute atomic E-state index is 0.287. The summed E-state index contributed by atoms with van der Waals surface area (Å²) in [5.41, 5.74) is 4.58. The molecule has 124 valence electrons. The van der Waals surface area contributed by atoms with Crippen LogP contribution >= 0.6 is 0 Å². The lowest BCUT2D eigenvalue weighted by atomic mass is 9.98. The van der Waals surface area contributed by atoms with E-state index in [-0.39, 0.29) is 6.54 Å². The molecule has 1 aliphatic rings. The number of aromatic nitrogens is 1. The van der Waals surface area contributed by atoms with Gasteiger partial charge in [-0.2, -0.15) is 0 Å². The van der Waals surface area contributed by atoms with Crippen molar-refractivity contribution < 1.29 is 14.6 Å². The van der Waals surface area contributed by atoms with E-state index in [1.54, 1.807) is 18.5 Å². The number of carbonyl (C=O) groups is 1. The van der Waals surface area contributed by atoms with E-state index in [4.69, 9.17) is 4.74 Å². The number of ether oxygens (including phenoxy) is 1. The monoisotopic (exact) mass is 332 g/mol. The van der Waals surface area contributed by atoms with Crippen molar-refractivity contribution in [3.05, 3.63) is 78.1 Å². The second kappa shape index (κ2) is 6.28. The number of hydrogen-bond acceptors (Lipinski definition) is 3. The largest absolute Gasteiger partial charge is 0.488 e. The Labute approximate surface area is 145 Å². The smallest absolute Gasteiger partial charge is 0.412 e. The number of fused-ring (bicyclic) bond motifs is 3. The molecule has 2 aromatic carbocycles. The summed E-state index contributed by atoms with van der Waals surface area (Å²) in [4.78, 5) is 17.2. The van der Waals surface area contributed by atoms with Gasteiger partial charge in [-0.1, -0.05) is 30.3 Å². The van der Waals surface area contributed by atoms with Gasteiger partial charge in [0.2, 0.25) is 0 Å². The minimum Gasteiger partial charge on any atom is -0.488 e. The van der Waals surface area contributed by atoms with Gasteiger partial charge in [-0.15, -0.1) is 0 Å². The van der Waals surface area contributed by atoms with Crippen LogP contribution in [0.25, 0.3) is 11.1 Å². The predicted molar refractivity (Wildman–Crippen MR) is 94.7 cm³/mol. The fourth-order valence-electron chi connectivity index (χ4n) is 3.02. The maximum Gasteiger partial charge on any atom is 0.412 e. The summed E-state index contributed by atoms with van der Waals surface area (Å²) in [7, 11) is 0. The maximum absolute atomic E-state index is 11.7. The van der Waals surface area contributed by atoms with Gasteiger partial charge in [-0.25, -0.2) is 4.79 Å². The molecule has 0 aliphatic carbocycles. The van der Waals surface area contributed by atoms with E-state index in [1.807, 2.05) is 48.5 Å². The average molecular weight is 332 g/mol. The molecule has 1 aliphatic heterocycles. The van der Waals surface area contributed by atoms with Crippen LogP contribution in [0.15, 0.2) is 67.0 Å². The summed E-state index contributed by atoms with van der Waals surface area (Å²) in [6.45, 7) is 0.723. The molecule has 0 atom stereocenters. The van der Waals surface area contributed by atoms with Crippen molar-refractivity contribution in [3.63, 3.8) is 0 Å². The fourth-order valence-corrected chi connectivity index (χ4v) is 3.02. The zero-order valence-corrected chi connectivity index (χ0v) is 13.4. The van der Waals surface area contributed by atoms with Crippen LogP contribution in [-0.2, 0) is 13.2 Å². The zero-order valence-electron chi connectivity index (χ0n) is 13.4. The lowest BCUT2D eigenvalue weighted by Crippen LogP contribution is -2.28. The molecule has 4 rings (SSSR count). The van der Waals surface area contributed by atoms with Gasteiger partial charge >= 0.3 is 6.09 Å². The number of nitrogens with zero attached hydrogens (tertiary/aromatic N) is 2. The van der Waals surface area contributed by atoms with Gasteiger partial charge < -0.3 is 9.84 Å². The van der Waals surface area contributed by atoms with E-state index in [0.29, 0.717) is 18.0 Å². The number of pyridine rings is 1. The number of benzene rings is 2. The highest BCUT2D eigenvalue weighted by atomic mass is 16.5. The standard InChI is InChI=1S/C20H16N2O3/c23-20(24)22(12-14-4-2-1-3-5-14)16-6-7-18-17-8-9-21-11-15(17)13-25-19(18)10-16/h1-11H,12-13H2,(H,23,24). The molecule has 0 radical (unpaired) electrons. The third kappa shape index (κ3) is 2.92. The lowest BCUT2D eigenvalue weighted by Gasteiger charge is -2.24. The minimum atomic E-state index is -0.996. The first-order chi connectivity index (χ1) is 12.2. The molecule has 5 nitrogen and oxygen atoms in total. The second-order valence-electron chi connectivity index (χ2n) is 5.86. The van der Waals surface area contributed by atoms with Crippen LogP contribution in [0, 0.1) is 0 Å². The van der Waals surface area contributed by atoms with Crippen molar-refractivity contribution in [1.29, 1.82) is 0 Å². The Bertz CT molecular complexity index is 925. The third-order valence-corrected chi connectivity index (χ3v) is 4.27. The van der Waals surface area contributed by atoms with Crippen LogP contribution in [0.1, 0.15) is 11.1 Å². The van der Waals surface area contributed by atoms with Gasteiger partial charge in [0.25, 0.3) is 0 Å². The highest BCUT2D eigenvalue weighted by Crippen LogP contribution is 2.39. The molecule has 0 saturated carbocycles. The third-order valence-electron chi connectivity index (χ3n) is 4.27. The van der Waals surface area contributed by atoms with Gasteiger partial charge in [-0.3, -0.25) is 9.88 Å². The maximum atomic E-state index is 11.7. The Morgan fingerprint density at radius 2 is 1.96 bits per heavy atom. The first kappa shape index (κ1) is 15.2. The van der Waals surface area contributed by atoms with Crippen molar-refractivity contribution in [2.45, 2.75) is 13.2 Å². The molecule has 25 heavy (non-hydrogen) atoms. The summed E-state index contributed by atoms with van der Waals surface area (Å²) in [5.74, 6) is 0.690. The fraction of sp³-hybridized carbons (Fsp3) is 0.100. The quantitative estimate of drug-likeness (QED) is 0.775. The van der Waals surface area contributed by atoms with E-state index in [9.17, 15) is 9.90 Å². The van der Waals surface area contributed by atoms with Crippen molar-refractivity contribution in [2.75, 3.05) is 4.90 Å². The van der Waals surface area contributed by atoms with Crippen LogP contribution in [0.4, 0.5) is 10.5 Å². The van der Waals surface area contributed by atoms with Crippen molar-refractivity contribution in [1.82, 2.24) is 4.98 Å². The molecule has 0 saturated heterocycles. The van der Waals surface area contributed by atoms with Gasteiger partial charge in [0.1, 0.15) is 12.4 Å². The molecule has 0 bridgehead atoms. The average Bonchev–Trinajstić information content (AvgIpc) is 2.66. The molecule has 5 heteroatoms. The lowest BCUT2D eigenvalue weighted by molar-refractivity contribution is 0.201. The molecular formula is C20H16N2O3. The number of anilines is 1. The summed E-state index contributed by atoms with van der Waals surface area (Å²) in [5, 5.41) is 9.63. The Hall–Kier alpha value is -3.34. The normalized spacial score (nSPS) is 11.8. The van der Waals surface area contributed by atoms with Crippen LogP contribution in [-0.4, -0.2) is 16.2 Å². The van der Waals surface area contributed by atoms with Crippen LogP contribution in [0.3, 0.4) is 0 Å². The molecule has 3 aromatic rings. The van der Waals surface area contributed by atoms with Gasteiger partial charge in [0.15, 0.2) is 0 Å². The Morgan fingerprint density at radius 3 is 2.76 bits per heavy atom. The number of amides is 1. The Balaban J connectivity index is 1.70. The zero-order chi connectivity index (χ0) is 17.2. The van der Waals surface area contributed by atoms with Gasteiger partial charge in [0.05, 0.1) is 12.2 Å². The molecule has 1 amide bonds. The SMILES string of the molecule is O=C(O)N(Cc1ccccc1)c1ccc2c(c1)OCc1cnccc1-2. The molecule has 0 fully saturated rings. The van der Waals surface area contributed by atoms with Crippen LogP contribution < -0.4 is 9.64 Å². The van der Waals surface area contributed by atoms with E-state index in [2.05, 4.69) is 4.98 Å². The van der Waals surface area contributed by atoms with E-state index in [1.165, 1.54) is 4.90 Å². The molecule has 0 spiro atoms. The molecule has 2 heterocycles. The second-order valence-corrected chi connectivity index (χ2v) is 5.86. The van der Waals surface area contributed by atoms with Crippen molar-refractivity contribution >= 4 is 11.8 Å². The molecule has 1 aromatic heterocycles. The van der Waals surface area contributed by atoms with Gasteiger partial charge in [0, 0.05) is 29.6 Å². The number of rotatable bonds is 3. The highest BCUT2D eigenvalue weighted by molar-refractivity contribution is 5.88. The van der Waals surface area contributed by atoms with E-state index >= 15 is 0 Å². The van der Waals surface area contributed by atoms with E-state index in [0.717, 1.165) is 22.3 Å². The van der Waals surface area contributed by atoms with Gasteiger partial charge in [-0.05, 0) is 29.3 Å². The summed E-state index contributed by atoms with van der Waals surface area (Å²) in [6.07, 6.45) is 2.55. The van der Waals surface area contributed by atoms with E-state index < -0.39 is 6.09 Å². The Kier molecular flexibility index (Phi) is 3.82. The Morgan fingerprint density at radius 1 is 1.12 bits per heavy atom. The van der Waals surface area contributed by atoms with Crippen molar-refractivity contribution in [3.8, 4) is 16.9 Å². The molecular weight excluding hydrogens is 316 g/mol.